The summed E-state index contributed by atoms with van der Waals surface area (Å²) >= 11 is 0. The topological polar surface area (TPSA) is 88.9 Å². The molecule has 3 N–H and O–H groups in total. The molecule has 166 valence electrons. The van der Waals surface area contributed by atoms with Crippen LogP contribution in [-0.2, 0) is 0 Å². The molecule has 1 unspecified atom stereocenters. The fourth-order valence-electron chi connectivity index (χ4n) is 4.41. The predicted molar refractivity (Wildman–Crippen MR) is 123 cm³/mol. The maximum absolute atomic E-state index is 14.3. The fraction of sp³-hybridized carbons (Fsp3) is 0.360. The molecule has 0 aliphatic heterocycles. The van der Waals surface area contributed by atoms with Gasteiger partial charge >= 0.3 is 0 Å². The first-order valence-corrected chi connectivity index (χ1v) is 11.0. The molecule has 0 saturated heterocycles. The van der Waals surface area contributed by atoms with Gasteiger partial charge in [-0.15, -0.1) is 5.10 Å². The molecule has 6 nitrogen and oxygen atoms in total. The van der Waals surface area contributed by atoms with Crippen LogP contribution in [0, 0.1) is 29.0 Å². The van der Waals surface area contributed by atoms with E-state index in [4.69, 9.17) is 20.8 Å². The van der Waals surface area contributed by atoms with E-state index in [0.29, 0.717) is 17.4 Å². The summed E-state index contributed by atoms with van der Waals surface area (Å²) in [6.07, 6.45) is 4.75. The second kappa shape index (κ2) is 9.84. The highest BCUT2D eigenvalue weighted by Gasteiger charge is 2.21. The summed E-state index contributed by atoms with van der Waals surface area (Å²) in [6.45, 7) is 1.58. The molecule has 2 atom stereocenters. The maximum Gasteiger partial charge on any atom is 0.149 e. The molecular formula is C25H28FN5O. The summed E-state index contributed by atoms with van der Waals surface area (Å²) in [6, 6.07) is 16.0. The Morgan fingerprint density at radius 1 is 1.19 bits per heavy atom. The number of rotatable bonds is 7. The Kier molecular flexibility index (Phi) is 6.72. The minimum absolute atomic E-state index is 0.0226. The number of hydrogen-bond donors (Lipinski definition) is 2. The normalized spacial score (nSPS) is 18.2. The molecule has 1 aliphatic carbocycles. The first kappa shape index (κ1) is 21.8. The summed E-state index contributed by atoms with van der Waals surface area (Å²) < 4.78 is 21.4. The summed E-state index contributed by atoms with van der Waals surface area (Å²) in [5.41, 5.74) is 8.13. The molecule has 3 aromatic rings. The van der Waals surface area contributed by atoms with Crippen LogP contribution in [0.5, 0.6) is 5.75 Å². The van der Waals surface area contributed by atoms with Crippen molar-refractivity contribution in [3.63, 3.8) is 0 Å². The van der Waals surface area contributed by atoms with Gasteiger partial charge in [0.05, 0.1) is 24.1 Å². The second-order valence-electron chi connectivity index (χ2n) is 8.35. The molecule has 7 heteroatoms. The highest BCUT2D eigenvalue weighted by Crippen LogP contribution is 2.31. The molecular weight excluding hydrogens is 405 g/mol. The third-order valence-corrected chi connectivity index (χ3v) is 6.21. The summed E-state index contributed by atoms with van der Waals surface area (Å²) in [5, 5.41) is 17.3. The SMILES string of the molecule is COc1ccc(-n2nc(NCC3CCC[C@H](CN)C3)cc2-c2ccc(C#N)c(F)c2)cc1. The number of nitrogens with zero attached hydrogens (tertiary/aromatic N) is 3. The van der Waals surface area contributed by atoms with Crippen molar-refractivity contribution in [1.29, 1.82) is 5.26 Å². The molecule has 1 fully saturated rings. The van der Waals surface area contributed by atoms with E-state index in [2.05, 4.69) is 5.32 Å². The van der Waals surface area contributed by atoms with Crippen LogP contribution in [0.3, 0.4) is 0 Å². The third-order valence-electron chi connectivity index (χ3n) is 6.21. The quantitative estimate of drug-likeness (QED) is 0.562. The highest BCUT2D eigenvalue weighted by atomic mass is 19.1. The fourth-order valence-corrected chi connectivity index (χ4v) is 4.41. The lowest BCUT2D eigenvalue weighted by molar-refractivity contribution is 0.281. The van der Waals surface area contributed by atoms with Crippen molar-refractivity contribution in [2.24, 2.45) is 17.6 Å². The van der Waals surface area contributed by atoms with Crippen molar-refractivity contribution in [3.8, 4) is 28.8 Å². The average Bonchev–Trinajstić information content (AvgIpc) is 3.27. The molecule has 0 spiro atoms. The molecule has 1 saturated carbocycles. The molecule has 1 heterocycles. The number of aromatic nitrogens is 2. The van der Waals surface area contributed by atoms with Crippen LogP contribution in [0.25, 0.3) is 16.9 Å². The van der Waals surface area contributed by atoms with E-state index in [9.17, 15) is 4.39 Å². The van der Waals surface area contributed by atoms with Crippen LogP contribution in [0.4, 0.5) is 10.2 Å². The Bertz CT molecular complexity index is 1100. The molecule has 2 aromatic carbocycles. The van der Waals surface area contributed by atoms with Crippen LogP contribution in [0.15, 0.2) is 48.5 Å². The van der Waals surface area contributed by atoms with Gasteiger partial charge in [0.25, 0.3) is 0 Å². The number of nitrogens with two attached hydrogens (primary N) is 1. The molecule has 0 bridgehead atoms. The molecule has 0 amide bonds. The zero-order chi connectivity index (χ0) is 22.5. The van der Waals surface area contributed by atoms with Crippen LogP contribution in [-0.4, -0.2) is 30.0 Å². The van der Waals surface area contributed by atoms with E-state index >= 15 is 0 Å². The lowest BCUT2D eigenvalue weighted by Gasteiger charge is -2.28. The summed E-state index contributed by atoms with van der Waals surface area (Å²) in [4.78, 5) is 0. The molecule has 1 aliphatic rings. The van der Waals surface area contributed by atoms with Crippen LogP contribution >= 0.6 is 0 Å². The van der Waals surface area contributed by atoms with E-state index in [1.807, 2.05) is 36.4 Å². The Hall–Kier alpha value is -3.37. The number of ether oxygens (including phenoxy) is 1. The smallest absolute Gasteiger partial charge is 0.149 e. The van der Waals surface area contributed by atoms with Gasteiger partial charge in [0.15, 0.2) is 0 Å². The average molecular weight is 434 g/mol. The minimum atomic E-state index is -0.544. The third kappa shape index (κ3) is 4.76. The first-order chi connectivity index (χ1) is 15.6. The largest absolute Gasteiger partial charge is 0.497 e. The zero-order valence-corrected chi connectivity index (χ0v) is 18.2. The van der Waals surface area contributed by atoms with Gasteiger partial charge in [-0.2, -0.15) is 5.26 Å². The number of methoxy groups -OCH3 is 1. The Morgan fingerprint density at radius 2 is 1.97 bits per heavy atom. The van der Waals surface area contributed by atoms with Gasteiger partial charge in [-0.05, 0) is 74.0 Å². The molecule has 32 heavy (non-hydrogen) atoms. The number of nitrogens with one attached hydrogen (secondary N) is 1. The molecule has 0 radical (unpaired) electrons. The Labute approximate surface area is 187 Å². The van der Waals surface area contributed by atoms with Crippen LogP contribution in [0.1, 0.15) is 31.2 Å². The second-order valence-corrected chi connectivity index (χ2v) is 8.35. The van der Waals surface area contributed by atoms with Gasteiger partial charge in [0.1, 0.15) is 23.5 Å². The number of benzene rings is 2. The number of halogens is 1. The first-order valence-electron chi connectivity index (χ1n) is 11.0. The lowest BCUT2D eigenvalue weighted by atomic mass is 9.81. The highest BCUT2D eigenvalue weighted by molar-refractivity contribution is 5.67. The van der Waals surface area contributed by atoms with Crippen molar-refractivity contribution >= 4 is 5.82 Å². The maximum atomic E-state index is 14.3. The summed E-state index contributed by atoms with van der Waals surface area (Å²) in [5.74, 6) is 2.10. The molecule has 1 aromatic heterocycles. The predicted octanol–water partition coefficient (Wildman–Crippen LogP) is 4.74. The van der Waals surface area contributed by atoms with E-state index in [-0.39, 0.29) is 5.56 Å². The van der Waals surface area contributed by atoms with Crippen molar-refractivity contribution in [2.45, 2.75) is 25.7 Å². The van der Waals surface area contributed by atoms with E-state index < -0.39 is 5.82 Å². The van der Waals surface area contributed by atoms with Crippen LogP contribution < -0.4 is 15.8 Å². The lowest BCUT2D eigenvalue weighted by Crippen LogP contribution is -2.26. The van der Waals surface area contributed by atoms with Gasteiger partial charge < -0.3 is 15.8 Å². The molecule has 4 rings (SSSR count). The van der Waals surface area contributed by atoms with Gasteiger partial charge in [0, 0.05) is 18.2 Å². The minimum Gasteiger partial charge on any atom is -0.497 e. The Balaban J connectivity index is 1.63. The van der Waals surface area contributed by atoms with Gasteiger partial charge in [0.2, 0.25) is 0 Å². The standard InChI is InChI=1S/C25H28FN5O/c1-32-22-9-7-21(8-10-22)31-24(19-5-6-20(15-28)23(26)12-19)13-25(30-31)29-16-18-4-2-3-17(11-18)14-27/h5-10,12-13,17-18H,2-4,11,14,16,27H2,1H3,(H,29,30)/t17-,18?/m0/s1. The van der Waals surface area contributed by atoms with Crippen molar-refractivity contribution in [2.75, 3.05) is 25.5 Å². The van der Waals surface area contributed by atoms with Gasteiger partial charge in [-0.25, -0.2) is 9.07 Å². The van der Waals surface area contributed by atoms with E-state index in [1.54, 1.807) is 17.9 Å². The van der Waals surface area contributed by atoms with Crippen molar-refractivity contribution < 1.29 is 9.13 Å². The van der Waals surface area contributed by atoms with E-state index in [1.165, 1.54) is 31.4 Å². The monoisotopic (exact) mass is 433 g/mol. The van der Waals surface area contributed by atoms with Crippen molar-refractivity contribution in [3.05, 3.63) is 59.9 Å². The van der Waals surface area contributed by atoms with Crippen LogP contribution in [0.2, 0.25) is 0 Å². The van der Waals surface area contributed by atoms with E-state index in [0.717, 1.165) is 42.5 Å². The van der Waals surface area contributed by atoms with Gasteiger partial charge in [-0.1, -0.05) is 12.5 Å². The summed E-state index contributed by atoms with van der Waals surface area (Å²) in [7, 11) is 1.62. The van der Waals surface area contributed by atoms with Gasteiger partial charge in [-0.3, -0.25) is 0 Å². The number of anilines is 1. The Morgan fingerprint density at radius 3 is 2.66 bits per heavy atom. The number of hydrogen-bond acceptors (Lipinski definition) is 5. The zero-order valence-electron chi connectivity index (χ0n) is 18.2. The number of nitriles is 1. The van der Waals surface area contributed by atoms with Crippen molar-refractivity contribution in [1.82, 2.24) is 9.78 Å².